The average molecular weight is 170 g/mol. The smallest absolute Gasteiger partial charge is 0.398 e. The maximum atomic E-state index is 10.3. The van der Waals surface area contributed by atoms with E-state index in [9.17, 15) is 14.9 Å². The molecule has 0 aliphatic rings. The van der Waals surface area contributed by atoms with Gasteiger partial charge in [-0.15, -0.1) is 0 Å². The minimum Gasteiger partial charge on any atom is -0.398 e. The summed E-state index contributed by atoms with van der Waals surface area (Å²) in [5, 5.41) is 10.3. The molecule has 0 atom stereocenters. The van der Waals surface area contributed by atoms with Gasteiger partial charge in [-0.3, -0.25) is 14.9 Å². The van der Waals surface area contributed by atoms with Gasteiger partial charge in [-0.2, -0.15) is 0 Å². The van der Waals surface area contributed by atoms with E-state index < -0.39 is 10.8 Å². The minimum atomic E-state index is -0.713. The number of furan rings is 1. The first-order chi connectivity index (χ1) is 5.69. The second-order valence-corrected chi connectivity index (χ2v) is 2.06. The summed E-state index contributed by atoms with van der Waals surface area (Å²) in [7, 11) is 0. The van der Waals surface area contributed by atoms with Crippen molar-refractivity contribution >= 4 is 12.2 Å². The molecule has 0 saturated heterocycles. The van der Waals surface area contributed by atoms with Crippen molar-refractivity contribution in [3.05, 3.63) is 27.5 Å². The molecule has 64 valence electrons. The van der Waals surface area contributed by atoms with Crippen molar-refractivity contribution in [2.24, 2.45) is 5.73 Å². The van der Waals surface area contributed by atoms with E-state index >= 15 is 0 Å². The molecule has 0 amide bonds. The molecule has 0 bridgehead atoms. The second kappa shape index (κ2) is 3.14. The van der Waals surface area contributed by atoms with Crippen molar-refractivity contribution in [2.45, 2.75) is 6.54 Å². The molecule has 1 aromatic rings. The first-order valence-electron chi connectivity index (χ1n) is 3.11. The summed E-state index contributed by atoms with van der Waals surface area (Å²) in [5.41, 5.74) is 5.40. The molecule has 0 aliphatic heterocycles. The third-order valence-corrected chi connectivity index (χ3v) is 1.31. The number of hydrogen-bond donors (Lipinski definition) is 1. The first kappa shape index (κ1) is 8.41. The van der Waals surface area contributed by atoms with Gasteiger partial charge in [0.25, 0.3) is 0 Å². The zero-order chi connectivity index (χ0) is 9.14. The summed E-state index contributed by atoms with van der Waals surface area (Å²) in [4.78, 5) is 19.7. The van der Waals surface area contributed by atoms with Gasteiger partial charge in [-0.1, -0.05) is 0 Å². The van der Waals surface area contributed by atoms with Gasteiger partial charge in [0, 0.05) is 6.54 Å². The second-order valence-electron chi connectivity index (χ2n) is 2.06. The molecular weight excluding hydrogens is 164 g/mol. The molecule has 1 aromatic heterocycles. The quantitative estimate of drug-likeness (QED) is 0.403. The lowest BCUT2D eigenvalue weighted by Crippen LogP contribution is -1.98. The van der Waals surface area contributed by atoms with Crippen LogP contribution in [0, 0.1) is 10.1 Å². The van der Waals surface area contributed by atoms with E-state index in [1.54, 1.807) is 0 Å². The fourth-order valence-electron chi connectivity index (χ4n) is 0.799. The van der Waals surface area contributed by atoms with E-state index in [4.69, 9.17) is 5.73 Å². The molecule has 1 heterocycles. The fraction of sp³-hybridized carbons (Fsp3) is 0.167. The molecule has 0 aliphatic carbocycles. The topological polar surface area (TPSA) is 99.4 Å². The van der Waals surface area contributed by atoms with Gasteiger partial charge in [0.05, 0.1) is 5.56 Å². The average Bonchev–Trinajstić information content (AvgIpc) is 2.47. The molecule has 12 heavy (non-hydrogen) atoms. The van der Waals surface area contributed by atoms with Crippen molar-refractivity contribution in [1.29, 1.82) is 0 Å². The number of rotatable bonds is 3. The Morgan fingerprint density at radius 1 is 1.75 bits per heavy atom. The van der Waals surface area contributed by atoms with E-state index in [0.717, 1.165) is 0 Å². The van der Waals surface area contributed by atoms with Crippen molar-refractivity contribution in [3.8, 4) is 0 Å². The van der Waals surface area contributed by atoms with Crippen LogP contribution in [0.15, 0.2) is 10.5 Å². The predicted octanol–water partition coefficient (Wildman–Crippen LogP) is 0.459. The monoisotopic (exact) mass is 170 g/mol. The summed E-state index contributed by atoms with van der Waals surface area (Å²) in [5.74, 6) is -0.540. The van der Waals surface area contributed by atoms with Gasteiger partial charge < -0.3 is 10.2 Å². The third-order valence-electron chi connectivity index (χ3n) is 1.31. The Kier molecular flexibility index (Phi) is 2.20. The van der Waals surface area contributed by atoms with E-state index in [1.807, 2.05) is 0 Å². The Hall–Kier alpha value is -1.69. The van der Waals surface area contributed by atoms with E-state index in [1.165, 1.54) is 6.07 Å². The third kappa shape index (κ3) is 1.32. The number of nitro groups is 1. The fourth-order valence-corrected chi connectivity index (χ4v) is 0.799. The van der Waals surface area contributed by atoms with Crippen molar-refractivity contribution < 1.29 is 14.1 Å². The molecule has 0 spiro atoms. The number of hydrogen-bond acceptors (Lipinski definition) is 5. The highest BCUT2D eigenvalue weighted by Gasteiger charge is 2.19. The highest BCUT2D eigenvalue weighted by molar-refractivity contribution is 5.71. The Bertz CT molecular complexity index is 317. The number of nitrogens with zero attached hydrogens (tertiary/aromatic N) is 1. The molecule has 6 heteroatoms. The number of nitrogens with two attached hydrogens (primary N) is 1. The molecule has 2 N–H and O–H groups in total. The maximum absolute atomic E-state index is 10.3. The van der Waals surface area contributed by atoms with Gasteiger partial charge in [0.15, 0.2) is 12.0 Å². The van der Waals surface area contributed by atoms with Gasteiger partial charge in [0.2, 0.25) is 0 Å². The first-order valence-corrected chi connectivity index (χ1v) is 3.11. The Morgan fingerprint density at radius 2 is 2.42 bits per heavy atom. The van der Waals surface area contributed by atoms with Crippen molar-refractivity contribution in [1.82, 2.24) is 0 Å². The number of carbonyl (C=O) groups is 1. The lowest BCUT2D eigenvalue weighted by Gasteiger charge is -1.86. The van der Waals surface area contributed by atoms with Crippen LogP contribution in [0.25, 0.3) is 0 Å². The van der Waals surface area contributed by atoms with Crippen LogP contribution in [-0.4, -0.2) is 11.2 Å². The zero-order valence-corrected chi connectivity index (χ0v) is 6.02. The predicted molar refractivity (Wildman–Crippen MR) is 38.6 cm³/mol. The highest BCUT2D eigenvalue weighted by atomic mass is 16.6. The van der Waals surface area contributed by atoms with Crippen LogP contribution in [-0.2, 0) is 6.54 Å². The van der Waals surface area contributed by atoms with Gasteiger partial charge >= 0.3 is 5.88 Å². The van der Waals surface area contributed by atoms with Crippen LogP contribution < -0.4 is 5.73 Å². The molecule has 1 rings (SSSR count). The lowest BCUT2D eigenvalue weighted by molar-refractivity contribution is -0.402. The molecule has 0 aromatic carbocycles. The van der Waals surface area contributed by atoms with Crippen LogP contribution >= 0.6 is 0 Å². The van der Waals surface area contributed by atoms with Gasteiger partial charge in [-0.25, -0.2) is 0 Å². The Morgan fingerprint density at radius 3 is 2.75 bits per heavy atom. The number of aldehydes is 1. The molecule has 0 radical (unpaired) electrons. The highest BCUT2D eigenvalue weighted by Crippen LogP contribution is 2.21. The standard InChI is InChI=1S/C6H6N2O4/c7-2-4-1-5(3-9)12-6(4)8(10)11/h1,3H,2,7H2. The van der Waals surface area contributed by atoms with Crippen LogP contribution in [0.1, 0.15) is 16.1 Å². The summed E-state index contributed by atoms with van der Waals surface area (Å²) < 4.78 is 4.57. The van der Waals surface area contributed by atoms with E-state index in [-0.39, 0.29) is 17.9 Å². The Balaban J connectivity index is 3.16. The van der Waals surface area contributed by atoms with Crippen LogP contribution in [0.5, 0.6) is 0 Å². The molecule has 0 unspecified atom stereocenters. The number of carbonyl (C=O) groups excluding carboxylic acids is 1. The van der Waals surface area contributed by atoms with Crippen LogP contribution in [0.4, 0.5) is 5.88 Å². The maximum Gasteiger partial charge on any atom is 0.438 e. The van der Waals surface area contributed by atoms with E-state index in [2.05, 4.69) is 4.42 Å². The van der Waals surface area contributed by atoms with Crippen molar-refractivity contribution in [2.75, 3.05) is 0 Å². The van der Waals surface area contributed by atoms with Crippen LogP contribution in [0.2, 0.25) is 0 Å². The molecule has 0 saturated carbocycles. The SMILES string of the molecule is NCc1cc(C=O)oc1[N+](=O)[O-]. The van der Waals surface area contributed by atoms with E-state index in [0.29, 0.717) is 6.29 Å². The molecule has 0 fully saturated rings. The Labute approximate surface area is 67.1 Å². The normalized spacial score (nSPS) is 9.75. The summed E-state index contributed by atoms with van der Waals surface area (Å²) in [6.07, 6.45) is 0.395. The zero-order valence-electron chi connectivity index (χ0n) is 6.02. The van der Waals surface area contributed by atoms with Gasteiger partial charge in [-0.05, 0) is 6.07 Å². The summed E-state index contributed by atoms with van der Waals surface area (Å²) in [6, 6.07) is 1.26. The van der Waals surface area contributed by atoms with Crippen LogP contribution in [0.3, 0.4) is 0 Å². The summed E-state index contributed by atoms with van der Waals surface area (Å²) in [6.45, 7) is -0.0202. The minimum absolute atomic E-state index is 0.0202. The lowest BCUT2D eigenvalue weighted by atomic mass is 10.3. The summed E-state index contributed by atoms with van der Waals surface area (Å²) >= 11 is 0. The molecule has 6 nitrogen and oxygen atoms in total. The van der Waals surface area contributed by atoms with Gasteiger partial charge in [0.1, 0.15) is 4.92 Å². The molecular formula is C6H6N2O4. The largest absolute Gasteiger partial charge is 0.438 e. The van der Waals surface area contributed by atoms with Crippen molar-refractivity contribution in [3.63, 3.8) is 0 Å².